The Hall–Kier alpha value is -0.680. The van der Waals surface area contributed by atoms with Gasteiger partial charge in [0.25, 0.3) is 6.04 Å². The van der Waals surface area contributed by atoms with E-state index in [9.17, 15) is 10.1 Å². The summed E-state index contributed by atoms with van der Waals surface area (Å²) in [5, 5.41) is 27.3. The standard InChI is InChI=1S/C5H11NO4/c1-2-5(8)4(3-7)6(9)10/h4-5,7-8H,2-3H2,1H3/t4-,5-/m1/s1. The zero-order valence-corrected chi connectivity index (χ0v) is 5.73. The van der Waals surface area contributed by atoms with Gasteiger partial charge in [-0.1, -0.05) is 6.92 Å². The van der Waals surface area contributed by atoms with Crippen molar-refractivity contribution >= 4 is 0 Å². The fourth-order valence-corrected chi connectivity index (χ4v) is 0.601. The van der Waals surface area contributed by atoms with Crippen molar-refractivity contribution in [2.24, 2.45) is 0 Å². The van der Waals surface area contributed by atoms with E-state index in [0.717, 1.165) is 0 Å². The zero-order valence-electron chi connectivity index (χ0n) is 5.73. The quantitative estimate of drug-likeness (QED) is 0.412. The Balaban J connectivity index is 3.92. The van der Waals surface area contributed by atoms with Crippen molar-refractivity contribution in [1.29, 1.82) is 0 Å². The highest BCUT2D eigenvalue weighted by Gasteiger charge is 2.26. The van der Waals surface area contributed by atoms with Gasteiger partial charge in [-0.25, -0.2) is 0 Å². The normalized spacial score (nSPS) is 16.3. The van der Waals surface area contributed by atoms with Gasteiger partial charge in [-0.2, -0.15) is 0 Å². The van der Waals surface area contributed by atoms with Crippen molar-refractivity contribution in [1.82, 2.24) is 0 Å². The predicted molar refractivity (Wildman–Crippen MR) is 34.2 cm³/mol. The van der Waals surface area contributed by atoms with E-state index >= 15 is 0 Å². The van der Waals surface area contributed by atoms with Crippen LogP contribution in [0.4, 0.5) is 0 Å². The van der Waals surface area contributed by atoms with Gasteiger partial charge >= 0.3 is 0 Å². The molecule has 0 fully saturated rings. The Labute approximate surface area is 58.4 Å². The Kier molecular flexibility index (Phi) is 3.90. The molecule has 0 aromatic rings. The fraction of sp³-hybridized carbons (Fsp3) is 1.00. The molecule has 0 saturated carbocycles. The first-order valence-corrected chi connectivity index (χ1v) is 3.05. The monoisotopic (exact) mass is 149 g/mol. The molecule has 0 spiro atoms. The van der Waals surface area contributed by atoms with Crippen LogP contribution in [-0.2, 0) is 0 Å². The summed E-state index contributed by atoms with van der Waals surface area (Å²) in [7, 11) is 0. The van der Waals surface area contributed by atoms with Crippen LogP contribution in [0.1, 0.15) is 13.3 Å². The smallest absolute Gasteiger partial charge is 0.261 e. The first-order valence-electron chi connectivity index (χ1n) is 3.05. The first kappa shape index (κ1) is 9.32. The molecular weight excluding hydrogens is 138 g/mol. The number of nitro groups is 1. The summed E-state index contributed by atoms with van der Waals surface area (Å²) in [5.74, 6) is 0. The molecule has 0 aliphatic carbocycles. The summed E-state index contributed by atoms with van der Waals surface area (Å²) >= 11 is 0. The number of aliphatic hydroxyl groups is 2. The highest BCUT2D eigenvalue weighted by atomic mass is 16.6. The molecule has 0 radical (unpaired) electrons. The average Bonchev–Trinajstić information content (AvgIpc) is 1.88. The third kappa shape index (κ3) is 2.28. The molecule has 5 nitrogen and oxygen atoms in total. The molecule has 0 heterocycles. The van der Waals surface area contributed by atoms with Crippen molar-refractivity contribution in [3.05, 3.63) is 10.1 Å². The molecular formula is C5H11NO4. The van der Waals surface area contributed by atoms with E-state index in [4.69, 9.17) is 10.2 Å². The lowest BCUT2D eigenvalue weighted by Crippen LogP contribution is -2.36. The van der Waals surface area contributed by atoms with Gasteiger partial charge in [0, 0.05) is 4.92 Å². The van der Waals surface area contributed by atoms with Gasteiger partial charge in [-0.15, -0.1) is 0 Å². The summed E-state index contributed by atoms with van der Waals surface area (Å²) in [5.41, 5.74) is 0. The number of hydrogen-bond acceptors (Lipinski definition) is 4. The summed E-state index contributed by atoms with van der Waals surface area (Å²) < 4.78 is 0. The van der Waals surface area contributed by atoms with Crippen molar-refractivity contribution in [3.63, 3.8) is 0 Å². The second-order valence-corrected chi connectivity index (χ2v) is 2.01. The second-order valence-electron chi connectivity index (χ2n) is 2.01. The molecule has 60 valence electrons. The van der Waals surface area contributed by atoms with E-state index in [-0.39, 0.29) is 6.42 Å². The Morgan fingerprint density at radius 2 is 2.20 bits per heavy atom. The molecule has 5 heteroatoms. The molecule has 0 aromatic carbocycles. The zero-order chi connectivity index (χ0) is 8.15. The number of aliphatic hydroxyl groups excluding tert-OH is 2. The molecule has 0 bridgehead atoms. The highest BCUT2D eigenvalue weighted by molar-refractivity contribution is 4.63. The molecule has 2 N–H and O–H groups in total. The van der Waals surface area contributed by atoms with Crippen molar-refractivity contribution in [2.75, 3.05) is 6.61 Å². The van der Waals surface area contributed by atoms with Crippen LogP contribution in [0.5, 0.6) is 0 Å². The third-order valence-electron chi connectivity index (χ3n) is 1.32. The van der Waals surface area contributed by atoms with Crippen molar-refractivity contribution in [3.8, 4) is 0 Å². The van der Waals surface area contributed by atoms with Gasteiger partial charge in [0.1, 0.15) is 12.7 Å². The average molecular weight is 149 g/mol. The lowest BCUT2D eigenvalue weighted by atomic mass is 10.1. The summed E-state index contributed by atoms with van der Waals surface area (Å²) in [6, 6.07) is -1.23. The predicted octanol–water partition coefficient (Wildman–Crippen LogP) is -0.605. The molecule has 0 aromatic heterocycles. The lowest BCUT2D eigenvalue weighted by Gasteiger charge is -2.10. The molecule has 0 unspecified atom stereocenters. The van der Waals surface area contributed by atoms with Crippen molar-refractivity contribution < 1.29 is 15.1 Å². The second kappa shape index (κ2) is 4.19. The van der Waals surface area contributed by atoms with Gasteiger partial charge < -0.3 is 10.2 Å². The number of hydrogen-bond donors (Lipinski definition) is 2. The fourth-order valence-electron chi connectivity index (χ4n) is 0.601. The molecule has 10 heavy (non-hydrogen) atoms. The number of nitrogens with zero attached hydrogens (tertiary/aromatic N) is 1. The minimum Gasteiger partial charge on any atom is -0.389 e. The van der Waals surface area contributed by atoms with E-state index in [1.807, 2.05) is 0 Å². The van der Waals surface area contributed by atoms with Crippen LogP contribution in [0.3, 0.4) is 0 Å². The van der Waals surface area contributed by atoms with Gasteiger partial charge in [0.15, 0.2) is 0 Å². The van der Waals surface area contributed by atoms with Crippen molar-refractivity contribution in [2.45, 2.75) is 25.5 Å². The van der Waals surface area contributed by atoms with Crippen LogP contribution in [0, 0.1) is 10.1 Å². The largest absolute Gasteiger partial charge is 0.389 e. The summed E-state index contributed by atoms with van der Waals surface area (Å²) in [6.07, 6.45) is -0.758. The maximum Gasteiger partial charge on any atom is 0.261 e. The molecule has 0 amide bonds. The Bertz CT molecular complexity index is 116. The first-order chi connectivity index (χ1) is 4.63. The lowest BCUT2D eigenvalue weighted by molar-refractivity contribution is -0.537. The summed E-state index contributed by atoms with van der Waals surface area (Å²) in [6.45, 7) is 1.01. The van der Waals surface area contributed by atoms with E-state index in [2.05, 4.69) is 0 Å². The van der Waals surface area contributed by atoms with E-state index in [0.29, 0.717) is 0 Å². The minimum atomic E-state index is -1.23. The van der Waals surface area contributed by atoms with Gasteiger partial charge in [-0.05, 0) is 6.42 Å². The van der Waals surface area contributed by atoms with E-state index in [1.165, 1.54) is 0 Å². The summed E-state index contributed by atoms with van der Waals surface area (Å²) in [4.78, 5) is 9.34. The van der Waals surface area contributed by atoms with Crippen LogP contribution in [0.2, 0.25) is 0 Å². The topological polar surface area (TPSA) is 83.6 Å². The maximum absolute atomic E-state index is 10.0. The van der Waals surface area contributed by atoms with Crippen LogP contribution in [-0.4, -0.2) is 33.9 Å². The van der Waals surface area contributed by atoms with E-state index in [1.54, 1.807) is 6.92 Å². The Morgan fingerprint density at radius 3 is 2.30 bits per heavy atom. The molecule has 0 rings (SSSR count). The molecule has 2 atom stereocenters. The molecule has 0 aliphatic rings. The van der Waals surface area contributed by atoms with Crippen LogP contribution < -0.4 is 0 Å². The Morgan fingerprint density at radius 1 is 1.70 bits per heavy atom. The molecule has 0 saturated heterocycles. The van der Waals surface area contributed by atoms with Gasteiger partial charge in [0.05, 0.1) is 0 Å². The highest BCUT2D eigenvalue weighted by Crippen LogP contribution is 2.00. The molecule has 0 aliphatic heterocycles. The van der Waals surface area contributed by atoms with Crippen LogP contribution in [0.15, 0.2) is 0 Å². The SMILES string of the molecule is CC[C@@H](O)[C@@H](CO)[N+](=O)[O-]. The van der Waals surface area contributed by atoms with Gasteiger partial charge in [0.2, 0.25) is 0 Å². The third-order valence-corrected chi connectivity index (χ3v) is 1.32. The van der Waals surface area contributed by atoms with E-state index < -0.39 is 23.7 Å². The van der Waals surface area contributed by atoms with Gasteiger partial charge in [-0.3, -0.25) is 10.1 Å². The number of rotatable bonds is 4. The van der Waals surface area contributed by atoms with Crippen LogP contribution in [0.25, 0.3) is 0 Å². The maximum atomic E-state index is 10.0. The van der Waals surface area contributed by atoms with Crippen LogP contribution >= 0.6 is 0 Å². The minimum absolute atomic E-state index is 0.284.